The van der Waals surface area contributed by atoms with Crippen molar-refractivity contribution in [2.45, 2.75) is 66.8 Å². The molecule has 0 N–H and O–H groups in total. The maximum atomic E-state index is 6.13. The number of benzene rings is 1. The number of para-hydroxylation sites is 1. The molecule has 0 unspecified atom stereocenters. The van der Waals surface area contributed by atoms with E-state index in [9.17, 15) is 0 Å². The predicted octanol–water partition coefficient (Wildman–Crippen LogP) is 0.234. The molecular weight excluding hydrogens is 598 g/mol. The van der Waals surface area contributed by atoms with Crippen LogP contribution in [0.1, 0.15) is 66.1 Å². The number of unbranched alkanes of at least 4 members (excludes halogenated alkanes) is 3. The molecule has 0 atom stereocenters. The Bertz CT molecular complexity index is 652. The van der Waals surface area contributed by atoms with E-state index >= 15 is 0 Å². The second-order valence-corrected chi connectivity index (χ2v) is 8.53. The van der Waals surface area contributed by atoms with Crippen LogP contribution in [0.4, 0.5) is 0 Å². The van der Waals surface area contributed by atoms with E-state index in [1.807, 2.05) is 0 Å². The Labute approximate surface area is 219 Å². The third-order valence-electron chi connectivity index (χ3n) is 7.34. The summed E-state index contributed by atoms with van der Waals surface area (Å²) in [6, 6.07) is 10.6. The van der Waals surface area contributed by atoms with E-state index in [4.69, 9.17) is 4.42 Å². The van der Waals surface area contributed by atoms with E-state index in [1.165, 1.54) is 81.4 Å². The van der Waals surface area contributed by atoms with Gasteiger partial charge in [0, 0.05) is 5.39 Å². The standard InChI is InChI=1S/C25H44N2O.2HI/c1-6-26(7-2,8-3)19-15-11-12-16-20-27(9-4,10-5)22-24-21-23-17-13-14-18-25(23)28-24;;/h13-14,17-18,21H,6-12,15-16,19-20,22H2,1-5H3;2*1H/q+2;;/p-2. The van der Waals surface area contributed by atoms with E-state index < -0.39 is 0 Å². The van der Waals surface area contributed by atoms with Crippen molar-refractivity contribution in [3.8, 4) is 0 Å². The van der Waals surface area contributed by atoms with Gasteiger partial charge in [0.2, 0.25) is 0 Å². The molecule has 5 heteroatoms. The lowest BCUT2D eigenvalue weighted by Crippen LogP contribution is -3.00. The summed E-state index contributed by atoms with van der Waals surface area (Å²) >= 11 is 0. The molecule has 0 radical (unpaired) electrons. The molecule has 1 aromatic carbocycles. The fourth-order valence-corrected chi connectivity index (χ4v) is 4.68. The van der Waals surface area contributed by atoms with Gasteiger partial charge in [0.1, 0.15) is 12.1 Å². The Morgan fingerprint density at radius 2 is 1.17 bits per heavy atom. The molecule has 0 aliphatic heterocycles. The zero-order valence-electron chi connectivity index (χ0n) is 19.9. The molecule has 0 fully saturated rings. The van der Waals surface area contributed by atoms with Crippen molar-refractivity contribution in [2.24, 2.45) is 0 Å². The van der Waals surface area contributed by atoms with E-state index in [2.05, 4.69) is 65.0 Å². The molecule has 0 aliphatic carbocycles. The molecule has 0 spiro atoms. The molecule has 1 heterocycles. The van der Waals surface area contributed by atoms with Gasteiger partial charge >= 0.3 is 0 Å². The Hall–Kier alpha value is 0.140. The lowest BCUT2D eigenvalue weighted by Gasteiger charge is -2.36. The van der Waals surface area contributed by atoms with Gasteiger partial charge < -0.3 is 61.3 Å². The first-order valence-corrected chi connectivity index (χ1v) is 11.7. The first-order chi connectivity index (χ1) is 13.6. The average molecular weight is 642 g/mol. The van der Waals surface area contributed by atoms with Crippen LogP contribution in [0, 0.1) is 0 Å². The highest BCUT2D eigenvalue weighted by Crippen LogP contribution is 2.23. The van der Waals surface area contributed by atoms with E-state index in [0.29, 0.717) is 0 Å². The van der Waals surface area contributed by atoms with Gasteiger partial charge in [0.05, 0.1) is 45.8 Å². The molecule has 174 valence electrons. The Morgan fingerprint density at radius 3 is 1.67 bits per heavy atom. The van der Waals surface area contributed by atoms with Crippen molar-refractivity contribution >= 4 is 11.0 Å². The van der Waals surface area contributed by atoms with Gasteiger partial charge in [0.25, 0.3) is 0 Å². The minimum atomic E-state index is 0. The van der Waals surface area contributed by atoms with Gasteiger partial charge in [-0.25, -0.2) is 0 Å². The topological polar surface area (TPSA) is 13.1 Å². The predicted molar refractivity (Wildman–Crippen MR) is 121 cm³/mol. The Balaban J connectivity index is 0.00000420. The molecule has 2 aromatic rings. The summed E-state index contributed by atoms with van der Waals surface area (Å²) in [5.41, 5.74) is 1.02. The molecule has 0 amide bonds. The summed E-state index contributed by atoms with van der Waals surface area (Å²) in [5, 5.41) is 1.23. The van der Waals surface area contributed by atoms with Gasteiger partial charge in [-0.15, -0.1) is 0 Å². The molecule has 3 nitrogen and oxygen atoms in total. The molecule has 30 heavy (non-hydrogen) atoms. The van der Waals surface area contributed by atoms with Gasteiger partial charge in [-0.1, -0.05) is 18.2 Å². The first-order valence-electron chi connectivity index (χ1n) is 11.7. The summed E-state index contributed by atoms with van der Waals surface area (Å²) in [7, 11) is 0. The second kappa shape index (κ2) is 15.1. The number of halogens is 2. The molecular formula is C25H44I2N2O. The van der Waals surface area contributed by atoms with E-state index in [0.717, 1.165) is 22.4 Å². The van der Waals surface area contributed by atoms with Gasteiger partial charge in [-0.2, -0.15) is 0 Å². The number of rotatable bonds is 14. The highest BCUT2D eigenvalue weighted by molar-refractivity contribution is 5.77. The monoisotopic (exact) mass is 642 g/mol. The van der Waals surface area contributed by atoms with Crippen LogP contribution < -0.4 is 48.0 Å². The maximum absolute atomic E-state index is 6.13. The van der Waals surface area contributed by atoms with Crippen LogP contribution in [0.25, 0.3) is 11.0 Å². The van der Waals surface area contributed by atoms with Crippen LogP contribution in [0.15, 0.2) is 34.7 Å². The summed E-state index contributed by atoms with van der Waals surface area (Å²) in [6.45, 7) is 21.5. The zero-order valence-corrected chi connectivity index (χ0v) is 24.2. The fourth-order valence-electron chi connectivity index (χ4n) is 4.68. The Morgan fingerprint density at radius 1 is 0.667 bits per heavy atom. The van der Waals surface area contributed by atoms with E-state index in [1.54, 1.807) is 0 Å². The third kappa shape index (κ3) is 8.24. The molecule has 0 saturated carbocycles. The summed E-state index contributed by atoms with van der Waals surface area (Å²) in [4.78, 5) is 0. The minimum Gasteiger partial charge on any atom is -1.00 e. The number of nitrogens with zero attached hydrogens (tertiary/aromatic N) is 2. The minimum absolute atomic E-state index is 0. The second-order valence-electron chi connectivity index (χ2n) is 8.53. The number of fused-ring (bicyclic) bond motifs is 1. The van der Waals surface area contributed by atoms with Crippen LogP contribution in [-0.4, -0.2) is 54.8 Å². The van der Waals surface area contributed by atoms with Gasteiger partial charge in [-0.05, 0) is 72.4 Å². The van der Waals surface area contributed by atoms with Crippen molar-refractivity contribution in [3.63, 3.8) is 0 Å². The van der Waals surface area contributed by atoms with Crippen LogP contribution in [0.5, 0.6) is 0 Å². The highest BCUT2D eigenvalue weighted by Gasteiger charge is 2.25. The summed E-state index contributed by atoms with van der Waals surface area (Å²) in [6.07, 6.45) is 5.43. The van der Waals surface area contributed by atoms with Crippen molar-refractivity contribution < 1.29 is 61.3 Å². The van der Waals surface area contributed by atoms with Crippen LogP contribution in [0.2, 0.25) is 0 Å². The number of quaternary nitrogens is 2. The maximum Gasteiger partial charge on any atom is 0.159 e. The van der Waals surface area contributed by atoms with Gasteiger partial charge in [0.15, 0.2) is 5.76 Å². The smallest absolute Gasteiger partial charge is 0.159 e. The zero-order chi connectivity index (χ0) is 20.5. The molecule has 0 bridgehead atoms. The largest absolute Gasteiger partial charge is 1.00 e. The van der Waals surface area contributed by atoms with Crippen LogP contribution in [-0.2, 0) is 6.54 Å². The Kier molecular flexibility index (Phi) is 15.1. The van der Waals surface area contributed by atoms with E-state index in [-0.39, 0.29) is 48.0 Å². The lowest BCUT2D eigenvalue weighted by atomic mass is 10.1. The van der Waals surface area contributed by atoms with Crippen LogP contribution >= 0.6 is 0 Å². The average Bonchev–Trinajstić information content (AvgIpc) is 3.15. The van der Waals surface area contributed by atoms with Crippen molar-refractivity contribution in [1.29, 1.82) is 0 Å². The summed E-state index contributed by atoms with van der Waals surface area (Å²) < 4.78 is 8.55. The van der Waals surface area contributed by atoms with Crippen molar-refractivity contribution in [2.75, 3.05) is 45.8 Å². The van der Waals surface area contributed by atoms with Crippen molar-refractivity contribution in [1.82, 2.24) is 0 Å². The number of hydrogen-bond acceptors (Lipinski definition) is 1. The molecule has 0 saturated heterocycles. The lowest BCUT2D eigenvalue weighted by molar-refractivity contribution is -0.938. The fraction of sp³-hybridized carbons (Fsp3) is 0.680. The SMILES string of the molecule is CC[N+](CC)(CC)CCCCCC[N+](CC)(CC)Cc1cc2ccccc2o1.[I-].[I-]. The van der Waals surface area contributed by atoms with Gasteiger partial charge in [-0.3, -0.25) is 0 Å². The molecule has 2 rings (SSSR count). The number of hydrogen-bond donors (Lipinski definition) is 0. The normalized spacial score (nSPS) is 11.9. The first kappa shape index (κ1) is 30.1. The highest BCUT2D eigenvalue weighted by atomic mass is 127. The van der Waals surface area contributed by atoms with Crippen molar-refractivity contribution in [3.05, 3.63) is 36.1 Å². The van der Waals surface area contributed by atoms with Crippen LogP contribution in [0.3, 0.4) is 0 Å². The quantitative estimate of drug-likeness (QED) is 0.164. The number of furan rings is 1. The summed E-state index contributed by atoms with van der Waals surface area (Å²) in [5.74, 6) is 1.14. The molecule has 0 aliphatic rings. The molecule has 1 aromatic heterocycles. The third-order valence-corrected chi connectivity index (χ3v) is 7.34.